The van der Waals surface area contributed by atoms with Crippen molar-refractivity contribution in [2.45, 2.75) is 51.2 Å². The highest BCUT2D eigenvalue weighted by Gasteiger charge is 2.28. The van der Waals surface area contributed by atoms with Crippen LogP contribution in [0.5, 0.6) is 5.75 Å². The van der Waals surface area contributed by atoms with Crippen molar-refractivity contribution in [1.29, 1.82) is 0 Å². The van der Waals surface area contributed by atoms with Crippen LogP contribution in [-0.2, 0) is 0 Å². The molecule has 0 aromatic heterocycles. The van der Waals surface area contributed by atoms with E-state index in [9.17, 15) is 9.50 Å². The topological polar surface area (TPSA) is 55.5 Å². The van der Waals surface area contributed by atoms with Gasteiger partial charge in [-0.05, 0) is 43.4 Å². The highest BCUT2D eigenvalue weighted by molar-refractivity contribution is 6.32. The molecule has 0 saturated heterocycles. The lowest BCUT2D eigenvalue weighted by molar-refractivity contribution is 0.0617. The van der Waals surface area contributed by atoms with Gasteiger partial charge in [0.25, 0.3) is 0 Å². The third-order valence-corrected chi connectivity index (χ3v) is 4.48. The van der Waals surface area contributed by atoms with Crippen LogP contribution in [0.1, 0.15) is 50.6 Å². The second-order valence-electron chi connectivity index (χ2n) is 5.66. The summed E-state index contributed by atoms with van der Waals surface area (Å²) in [7, 11) is 0. The Morgan fingerprint density at radius 1 is 1.36 bits per heavy atom. The summed E-state index contributed by atoms with van der Waals surface area (Å²) in [6, 6.07) is 2.27. The van der Waals surface area contributed by atoms with Crippen LogP contribution in [0.15, 0.2) is 12.1 Å². The monoisotopic (exact) mass is 351 g/mol. The Hall–Kier alpha value is -0.550. The molecule has 3 nitrogen and oxygen atoms in total. The molecule has 1 aliphatic rings. The molecule has 1 fully saturated rings. The summed E-state index contributed by atoms with van der Waals surface area (Å²) in [4.78, 5) is 0. The van der Waals surface area contributed by atoms with E-state index >= 15 is 0 Å². The van der Waals surface area contributed by atoms with E-state index in [4.69, 9.17) is 22.1 Å². The van der Waals surface area contributed by atoms with Crippen LogP contribution in [-0.4, -0.2) is 17.8 Å². The largest absolute Gasteiger partial charge is 0.489 e. The minimum Gasteiger partial charge on any atom is -0.489 e. The van der Waals surface area contributed by atoms with E-state index < -0.39 is 18.0 Å². The van der Waals surface area contributed by atoms with Crippen molar-refractivity contribution in [3.8, 4) is 5.75 Å². The fourth-order valence-electron chi connectivity index (χ4n) is 3.02. The van der Waals surface area contributed by atoms with Crippen molar-refractivity contribution in [1.82, 2.24) is 0 Å². The molecule has 22 heavy (non-hydrogen) atoms. The quantitative estimate of drug-likeness (QED) is 0.833. The summed E-state index contributed by atoms with van der Waals surface area (Å²) >= 11 is 6.05. The minimum absolute atomic E-state index is 0. The molecule has 2 rings (SSSR count). The maximum Gasteiger partial charge on any atom is 0.173 e. The number of aliphatic hydroxyl groups excluding tert-OH is 1. The van der Waals surface area contributed by atoms with E-state index in [1.165, 1.54) is 12.5 Å². The molecular weight excluding hydrogens is 328 g/mol. The van der Waals surface area contributed by atoms with Gasteiger partial charge in [0.1, 0.15) is 0 Å². The van der Waals surface area contributed by atoms with Crippen LogP contribution >= 0.6 is 24.0 Å². The molecule has 1 aromatic carbocycles. The predicted molar refractivity (Wildman–Crippen MR) is 89.3 cm³/mol. The summed E-state index contributed by atoms with van der Waals surface area (Å²) in [5.41, 5.74) is 6.63. The molecule has 0 unspecified atom stereocenters. The van der Waals surface area contributed by atoms with Gasteiger partial charge < -0.3 is 15.6 Å². The van der Waals surface area contributed by atoms with Gasteiger partial charge in [0, 0.05) is 0 Å². The van der Waals surface area contributed by atoms with Crippen molar-refractivity contribution in [2.24, 2.45) is 11.7 Å². The molecule has 0 spiro atoms. The molecule has 1 aromatic rings. The second-order valence-corrected chi connectivity index (χ2v) is 6.07. The Bertz CT molecular complexity index is 458. The Morgan fingerprint density at radius 3 is 2.55 bits per heavy atom. The SMILES string of the molecule is CCOc1c(F)cc([C@@H](N)[C@@H](O)C2CCCCC2)cc1Cl.Cl. The number of ether oxygens (including phenoxy) is 1. The van der Waals surface area contributed by atoms with Crippen molar-refractivity contribution in [2.75, 3.05) is 6.61 Å². The van der Waals surface area contributed by atoms with Crippen molar-refractivity contribution in [3.63, 3.8) is 0 Å². The first kappa shape index (κ1) is 19.5. The van der Waals surface area contributed by atoms with Crippen molar-refractivity contribution < 1.29 is 14.2 Å². The Morgan fingerprint density at radius 2 is 2.00 bits per heavy atom. The smallest absolute Gasteiger partial charge is 0.173 e. The fraction of sp³-hybridized carbons (Fsp3) is 0.625. The van der Waals surface area contributed by atoms with E-state index in [2.05, 4.69) is 0 Å². The normalized spacial score (nSPS) is 18.4. The van der Waals surface area contributed by atoms with Crippen LogP contribution in [0.4, 0.5) is 4.39 Å². The molecule has 0 heterocycles. The first-order valence-corrected chi connectivity index (χ1v) is 7.97. The fourth-order valence-corrected chi connectivity index (χ4v) is 3.29. The highest BCUT2D eigenvalue weighted by atomic mass is 35.5. The summed E-state index contributed by atoms with van der Waals surface area (Å²) in [5, 5.41) is 10.6. The molecule has 0 amide bonds. The molecule has 2 atom stereocenters. The zero-order valence-electron chi connectivity index (χ0n) is 12.7. The van der Waals surface area contributed by atoms with Gasteiger partial charge in [0.05, 0.1) is 23.8 Å². The standard InChI is InChI=1S/C16H23ClFNO2.ClH/c1-2-21-16-12(17)8-11(9-13(16)18)14(19)15(20)10-6-4-3-5-7-10;/h8-10,14-15,20H,2-7,19H2,1H3;1H/t14-,15+;/m1./s1. The van der Waals surface area contributed by atoms with Crippen LogP contribution in [0, 0.1) is 11.7 Å². The molecule has 0 radical (unpaired) electrons. The maximum atomic E-state index is 14.0. The van der Waals surface area contributed by atoms with Gasteiger partial charge in [-0.1, -0.05) is 30.9 Å². The van der Waals surface area contributed by atoms with Gasteiger partial charge >= 0.3 is 0 Å². The van der Waals surface area contributed by atoms with E-state index in [-0.39, 0.29) is 29.1 Å². The molecular formula is C16H24Cl2FNO2. The summed E-state index contributed by atoms with van der Waals surface area (Å²) in [5.74, 6) is -0.310. The van der Waals surface area contributed by atoms with Crippen LogP contribution in [0.25, 0.3) is 0 Å². The number of halogens is 3. The highest BCUT2D eigenvalue weighted by Crippen LogP contribution is 2.35. The van der Waals surface area contributed by atoms with E-state index in [0.717, 1.165) is 25.7 Å². The lowest BCUT2D eigenvalue weighted by Crippen LogP contribution is -2.34. The van der Waals surface area contributed by atoms with Crippen LogP contribution < -0.4 is 10.5 Å². The summed E-state index contributed by atoms with van der Waals surface area (Å²) in [6.45, 7) is 2.11. The van der Waals surface area contributed by atoms with E-state index in [0.29, 0.717) is 12.2 Å². The number of nitrogens with two attached hydrogens (primary N) is 1. The van der Waals surface area contributed by atoms with Gasteiger partial charge in [-0.15, -0.1) is 12.4 Å². The number of rotatable bonds is 5. The average molecular weight is 352 g/mol. The zero-order valence-corrected chi connectivity index (χ0v) is 14.3. The summed E-state index contributed by atoms with van der Waals surface area (Å²) < 4.78 is 19.2. The number of hydrogen-bond acceptors (Lipinski definition) is 3. The lowest BCUT2D eigenvalue weighted by atomic mass is 9.81. The van der Waals surface area contributed by atoms with E-state index in [1.54, 1.807) is 13.0 Å². The first-order valence-electron chi connectivity index (χ1n) is 7.60. The van der Waals surface area contributed by atoms with Crippen molar-refractivity contribution >= 4 is 24.0 Å². The number of benzene rings is 1. The molecule has 1 saturated carbocycles. The number of hydrogen-bond donors (Lipinski definition) is 2. The third-order valence-electron chi connectivity index (χ3n) is 4.19. The lowest BCUT2D eigenvalue weighted by Gasteiger charge is -2.30. The minimum atomic E-state index is -0.668. The Labute approximate surface area is 142 Å². The zero-order chi connectivity index (χ0) is 15.4. The van der Waals surface area contributed by atoms with Gasteiger partial charge in [0.15, 0.2) is 11.6 Å². The molecule has 3 N–H and O–H groups in total. The van der Waals surface area contributed by atoms with Crippen molar-refractivity contribution in [3.05, 3.63) is 28.5 Å². The Kier molecular flexibility index (Phi) is 7.90. The third kappa shape index (κ3) is 4.48. The van der Waals surface area contributed by atoms with Crippen LogP contribution in [0.3, 0.4) is 0 Å². The van der Waals surface area contributed by atoms with Gasteiger partial charge in [-0.25, -0.2) is 4.39 Å². The Balaban J connectivity index is 0.00000242. The summed E-state index contributed by atoms with van der Waals surface area (Å²) in [6.07, 6.45) is 4.73. The van der Waals surface area contributed by atoms with E-state index in [1.807, 2.05) is 0 Å². The first-order chi connectivity index (χ1) is 10.0. The molecule has 126 valence electrons. The average Bonchev–Trinajstić information content (AvgIpc) is 2.50. The second kappa shape index (κ2) is 8.92. The molecule has 6 heteroatoms. The molecule has 1 aliphatic carbocycles. The number of aliphatic hydroxyl groups is 1. The van der Waals surface area contributed by atoms with Gasteiger partial charge in [-0.3, -0.25) is 0 Å². The molecule has 0 aliphatic heterocycles. The van der Waals surface area contributed by atoms with Gasteiger partial charge in [-0.2, -0.15) is 0 Å². The van der Waals surface area contributed by atoms with Gasteiger partial charge in [0.2, 0.25) is 0 Å². The van der Waals surface area contributed by atoms with Crippen LogP contribution in [0.2, 0.25) is 5.02 Å². The predicted octanol–water partition coefficient (Wildman–Crippen LogP) is 4.24. The maximum absolute atomic E-state index is 14.0. The molecule has 0 bridgehead atoms.